The van der Waals surface area contributed by atoms with Gasteiger partial charge < -0.3 is 10.3 Å². The molecular weight excluding hydrogens is 300 g/mol. The number of rotatable bonds is 2. The number of nitrogens with two attached hydrogens (primary N) is 1. The van der Waals surface area contributed by atoms with Gasteiger partial charge in [0.25, 0.3) is 0 Å². The van der Waals surface area contributed by atoms with E-state index in [9.17, 15) is 8.78 Å². The van der Waals surface area contributed by atoms with E-state index >= 15 is 0 Å². The second-order valence-corrected chi connectivity index (χ2v) is 4.67. The van der Waals surface area contributed by atoms with E-state index in [1.54, 1.807) is 18.3 Å². The van der Waals surface area contributed by atoms with Crippen LogP contribution in [0.3, 0.4) is 0 Å². The van der Waals surface area contributed by atoms with Gasteiger partial charge in [0, 0.05) is 23.5 Å². The van der Waals surface area contributed by atoms with Crippen molar-refractivity contribution in [1.82, 2.24) is 10.1 Å². The van der Waals surface area contributed by atoms with Gasteiger partial charge in [-0.25, -0.2) is 8.78 Å². The van der Waals surface area contributed by atoms with E-state index in [1.165, 1.54) is 6.20 Å². The quantitative estimate of drug-likeness (QED) is 0.729. The minimum atomic E-state index is -0.758. The molecule has 3 rings (SSSR count). The molecule has 2 aromatic heterocycles. The summed E-state index contributed by atoms with van der Waals surface area (Å²) in [5, 5.41) is 3.41. The van der Waals surface area contributed by atoms with Crippen LogP contribution in [-0.4, -0.2) is 10.1 Å². The molecule has 4 nitrogen and oxygen atoms in total. The third-order valence-corrected chi connectivity index (χ3v) is 3.22. The minimum absolute atomic E-state index is 0.00671. The highest BCUT2D eigenvalue weighted by Crippen LogP contribution is 2.37. The van der Waals surface area contributed by atoms with Crippen LogP contribution in [0.2, 0.25) is 5.02 Å². The predicted molar refractivity (Wildman–Crippen MR) is 74.5 cm³/mol. The van der Waals surface area contributed by atoms with Crippen LogP contribution >= 0.6 is 11.6 Å². The zero-order chi connectivity index (χ0) is 15.0. The van der Waals surface area contributed by atoms with E-state index in [2.05, 4.69) is 10.1 Å². The molecule has 7 heteroatoms. The summed E-state index contributed by atoms with van der Waals surface area (Å²) in [6.45, 7) is 0. The number of hydrogen-bond acceptors (Lipinski definition) is 4. The van der Waals surface area contributed by atoms with E-state index in [0.717, 1.165) is 12.1 Å². The summed E-state index contributed by atoms with van der Waals surface area (Å²) in [5.74, 6) is -1.49. The molecule has 1 aromatic carbocycles. The van der Waals surface area contributed by atoms with E-state index in [1.807, 2.05) is 0 Å². The highest BCUT2D eigenvalue weighted by atomic mass is 35.5. The van der Waals surface area contributed by atoms with Crippen molar-refractivity contribution in [3.05, 3.63) is 53.3 Å². The molecule has 0 bridgehead atoms. The Balaban J connectivity index is 2.24. The standard InChI is InChI=1S/C14H8ClF2N3O/c15-9-5-10(16)8(4-11(9)17)13-12(14(18)21-20-13)7-2-1-3-19-6-7/h1-6H,18H2. The molecule has 0 fully saturated rings. The number of nitrogens with zero attached hydrogens (tertiary/aromatic N) is 2. The lowest BCUT2D eigenvalue weighted by atomic mass is 10.0. The Hall–Kier alpha value is -2.47. The SMILES string of the molecule is Nc1onc(-c2cc(F)c(Cl)cc2F)c1-c1cccnc1. The number of benzene rings is 1. The van der Waals surface area contributed by atoms with Crippen LogP contribution in [0, 0.1) is 11.6 Å². The Kier molecular flexibility index (Phi) is 3.31. The number of anilines is 1. The first-order valence-corrected chi connectivity index (χ1v) is 6.26. The lowest BCUT2D eigenvalue weighted by molar-refractivity contribution is 0.439. The summed E-state index contributed by atoms with van der Waals surface area (Å²) < 4.78 is 32.5. The van der Waals surface area contributed by atoms with Gasteiger partial charge >= 0.3 is 0 Å². The average molecular weight is 308 g/mol. The van der Waals surface area contributed by atoms with Crippen molar-refractivity contribution in [1.29, 1.82) is 0 Å². The fourth-order valence-electron chi connectivity index (χ4n) is 1.98. The van der Waals surface area contributed by atoms with E-state index in [-0.39, 0.29) is 22.2 Å². The number of halogens is 3. The van der Waals surface area contributed by atoms with Gasteiger partial charge in [-0.3, -0.25) is 4.98 Å². The smallest absolute Gasteiger partial charge is 0.230 e. The lowest BCUT2D eigenvalue weighted by Gasteiger charge is -2.05. The fourth-order valence-corrected chi connectivity index (χ4v) is 2.13. The molecule has 0 saturated heterocycles. The van der Waals surface area contributed by atoms with Crippen LogP contribution < -0.4 is 5.73 Å². The van der Waals surface area contributed by atoms with Gasteiger partial charge in [0.1, 0.15) is 17.3 Å². The fraction of sp³-hybridized carbons (Fsp3) is 0. The predicted octanol–water partition coefficient (Wildman–Crippen LogP) is 3.92. The molecule has 0 spiro atoms. The third kappa shape index (κ3) is 2.34. The lowest BCUT2D eigenvalue weighted by Crippen LogP contribution is -1.92. The van der Waals surface area contributed by atoms with Gasteiger partial charge in [-0.05, 0) is 18.2 Å². The molecule has 106 valence electrons. The topological polar surface area (TPSA) is 64.9 Å². The Bertz CT molecular complexity index is 805. The van der Waals surface area contributed by atoms with Crippen molar-refractivity contribution in [2.75, 3.05) is 5.73 Å². The monoisotopic (exact) mass is 307 g/mol. The van der Waals surface area contributed by atoms with E-state index in [0.29, 0.717) is 11.1 Å². The van der Waals surface area contributed by atoms with Gasteiger partial charge in [0.15, 0.2) is 0 Å². The maximum atomic E-state index is 14.0. The summed E-state index contributed by atoms with van der Waals surface area (Å²) in [5.41, 5.74) is 6.67. The molecule has 2 heterocycles. The average Bonchev–Trinajstić information content (AvgIpc) is 2.85. The Morgan fingerprint density at radius 3 is 2.71 bits per heavy atom. The highest BCUT2D eigenvalue weighted by Gasteiger charge is 2.21. The van der Waals surface area contributed by atoms with Crippen LogP contribution in [0.1, 0.15) is 0 Å². The maximum absolute atomic E-state index is 14.0. The molecule has 21 heavy (non-hydrogen) atoms. The van der Waals surface area contributed by atoms with Crippen molar-refractivity contribution in [3.63, 3.8) is 0 Å². The zero-order valence-corrected chi connectivity index (χ0v) is 11.2. The van der Waals surface area contributed by atoms with Crippen LogP contribution in [0.4, 0.5) is 14.7 Å². The van der Waals surface area contributed by atoms with Crippen LogP contribution in [-0.2, 0) is 0 Å². The van der Waals surface area contributed by atoms with Crippen molar-refractivity contribution in [2.45, 2.75) is 0 Å². The van der Waals surface area contributed by atoms with Crippen molar-refractivity contribution in [3.8, 4) is 22.4 Å². The Morgan fingerprint density at radius 2 is 2.00 bits per heavy atom. The van der Waals surface area contributed by atoms with Crippen molar-refractivity contribution < 1.29 is 13.3 Å². The molecule has 0 aliphatic heterocycles. The van der Waals surface area contributed by atoms with Crippen molar-refractivity contribution in [2.24, 2.45) is 0 Å². The largest absolute Gasteiger partial charge is 0.367 e. The first-order valence-electron chi connectivity index (χ1n) is 5.88. The van der Waals surface area contributed by atoms with Crippen LogP contribution in [0.25, 0.3) is 22.4 Å². The summed E-state index contributed by atoms with van der Waals surface area (Å²) in [7, 11) is 0. The number of nitrogen functional groups attached to an aromatic ring is 1. The Morgan fingerprint density at radius 1 is 1.19 bits per heavy atom. The van der Waals surface area contributed by atoms with Crippen molar-refractivity contribution >= 4 is 17.5 Å². The van der Waals surface area contributed by atoms with Gasteiger partial charge in [-0.2, -0.15) is 0 Å². The normalized spacial score (nSPS) is 10.8. The molecule has 2 N–H and O–H groups in total. The first-order chi connectivity index (χ1) is 10.1. The highest BCUT2D eigenvalue weighted by molar-refractivity contribution is 6.30. The number of pyridine rings is 1. The molecule has 0 aliphatic carbocycles. The van der Waals surface area contributed by atoms with Gasteiger partial charge in [-0.15, -0.1) is 0 Å². The summed E-state index contributed by atoms with van der Waals surface area (Å²) in [4.78, 5) is 3.96. The second kappa shape index (κ2) is 5.14. The van der Waals surface area contributed by atoms with Gasteiger partial charge in [0.05, 0.1) is 10.6 Å². The van der Waals surface area contributed by atoms with E-state index in [4.69, 9.17) is 21.9 Å². The minimum Gasteiger partial charge on any atom is -0.367 e. The summed E-state index contributed by atoms with van der Waals surface area (Å²) >= 11 is 5.54. The Labute approximate surface area is 123 Å². The molecule has 0 aliphatic rings. The molecule has 0 unspecified atom stereocenters. The van der Waals surface area contributed by atoms with Gasteiger partial charge in [0.2, 0.25) is 5.88 Å². The summed E-state index contributed by atoms with van der Waals surface area (Å²) in [6, 6.07) is 5.23. The van der Waals surface area contributed by atoms with E-state index < -0.39 is 11.6 Å². The van der Waals surface area contributed by atoms with Crippen LogP contribution in [0.5, 0.6) is 0 Å². The second-order valence-electron chi connectivity index (χ2n) is 4.26. The molecule has 3 aromatic rings. The molecular formula is C14H8ClF2N3O. The molecule has 0 radical (unpaired) electrons. The molecule has 0 amide bonds. The maximum Gasteiger partial charge on any atom is 0.230 e. The third-order valence-electron chi connectivity index (χ3n) is 2.93. The number of hydrogen-bond donors (Lipinski definition) is 1. The van der Waals surface area contributed by atoms with Crippen LogP contribution in [0.15, 0.2) is 41.2 Å². The molecule has 0 saturated carbocycles. The molecule has 0 atom stereocenters. The summed E-state index contributed by atoms with van der Waals surface area (Å²) in [6.07, 6.45) is 3.10. The first kappa shape index (κ1) is 13.5. The number of aromatic nitrogens is 2. The van der Waals surface area contributed by atoms with Gasteiger partial charge in [-0.1, -0.05) is 22.8 Å². The zero-order valence-electron chi connectivity index (χ0n) is 10.5.